The molecular formula is C14H19N5OS. The Balaban J connectivity index is 1.53. The predicted octanol–water partition coefficient (Wildman–Crippen LogP) is 1.91. The van der Waals surface area contributed by atoms with Crippen LogP contribution in [0, 0.1) is 5.92 Å². The number of carbonyl (C=O) groups is 1. The molecule has 1 fully saturated rings. The van der Waals surface area contributed by atoms with Crippen LogP contribution in [-0.2, 0) is 4.79 Å². The lowest BCUT2D eigenvalue weighted by atomic mass is 9.86. The average Bonchev–Trinajstić information content (AvgIpc) is 2.90. The van der Waals surface area contributed by atoms with E-state index in [1.165, 1.54) is 31.0 Å². The van der Waals surface area contributed by atoms with Gasteiger partial charge in [-0.25, -0.2) is 9.50 Å². The lowest BCUT2D eigenvalue weighted by molar-refractivity contribution is -0.119. The summed E-state index contributed by atoms with van der Waals surface area (Å²) in [5, 5.41) is 7.99. The summed E-state index contributed by atoms with van der Waals surface area (Å²) in [6.45, 7) is 2.21. The fourth-order valence-electron chi connectivity index (χ4n) is 2.68. The molecule has 0 aromatic carbocycles. The van der Waals surface area contributed by atoms with E-state index in [0.717, 1.165) is 6.42 Å². The lowest BCUT2D eigenvalue weighted by Crippen LogP contribution is -2.41. The fourth-order valence-corrected chi connectivity index (χ4v) is 3.32. The number of nitrogens with zero attached hydrogens (tertiary/aromatic N) is 4. The van der Waals surface area contributed by atoms with Gasteiger partial charge < -0.3 is 5.32 Å². The summed E-state index contributed by atoms with van der Waals surface area (Å²) >= 11 is 1.35. The highest BCUT2D eigenvalue weighted by Gasteiger charge is 2.22. The summed E-state index contributed by atoms with van der Waals surface area (Å²) in [4.78, 5) is 20.4. The van der Waals surface area contributed by atoms with Gasteiger partial charge in [0.25, 0.3) is 5.78 Å². The number of aromatic nitrogens is 4. The Labute approximate surface area is 127 Å². The zero-order valence-corrected chi connectivity index (χ0v) is 12.8. The molecule has 0 saturated heterocycles. The van der Waals surface area contributed by atoms with E-state index in [1.807, 2.05) is 0 Å². The number of nitrogens with one attached hydrogen (secondary N) is 1. The first-order chi connectivity index (χ1) is 10.2. The minimum atomic E-state index is 0.0607. The maximum Gasteiger partial charge on any atom is 0.253 e. The third kappa shape index (κ3) is 3.53. The predicted molar refractivity (Wildman–Crippen MR) is 81.1 cm³/mol. The molecule has 0 spiro atoms. The second-order valence-electron chi connectivity index (χ2n) is 5.48. The molecule has 2 heterocycles. The van der Waals surface area contributed by atoms with Gasteiger partial charge in [-0.1, -0.05) is 31.5 Å². The van der Waals surface area contributed by atoms with Crippen LogP contribution >= 0.6 is 11.8 Å². The molecule has 2 aromatic heterocycles. The molecule has 7 heteroatoms. The molecule has 1 aliphatic rings. The molecule has 1 saturated carbocycles. The first kappa shape index (κ1) is 14.3. The number of carbonyl (C=O) groups excluding carboxylic acids is 1. The third-order valence-corrected chi connectivity index (χ3v) is 4.73. The fraction of sp³-hybridized carbons (Fsp3) is 0.571. The van der Waals surface area contributed by atoms with Gasteiger partial charge in [0, 0.05) is 18.4 Å². The van der Waals surface area contributed by atoms with Crippen LogP contribution in [0.3, 0.4) is 0 Å². The van der Waals surface area contributed by atoms with Gasteiger partial charge in [-0.2, -0.15) is 4.98 Å². The second kappa shape index (κ2) is 6.43. The standard InChI is InChI=1S/C14H19N5OS/c1-10-5-2-3-6-11(10)16-12(20)9-21-14-17-13-15-7-4-8-19(13)18-14/h4,7-8,10-11H,2-3,5-6,9H2,1H3,(H,16,20). The molecule has 0 bridgehead atoms. The van der Waals surface area contributed by atoms with E-state index in [1.54, 1.807) is 23.0 Å². The molecule has 2 aromatic rings. The van der Waals surface area contributed by atoms with Crippen LogP contribution in [0.15, 0.2) is 23.6 Å². The number of rotatable bonds is 4. The Bertz CT molecular complexity index is 596. The summed E-state index contributed by atoms with van der Waals surface area (Å²) in [5.41, 5.74) is 0. The topological polar surface area (TPSA) is 72.2 Å². The van der Waals surface area contributed by atoms with Gasteiger partial charge in [0.1, 0.15) is 0 Å². The monoisotopic (exact) mass is 305 g/mol. The Morgan fingerprint density at radius 2 is 2.33 bits per heavy atom. The van der Waals surface area contributed by atoms with Crippen molar-refractivity contribution in [2.24, 2.45) is 5.92 Å². The SMILES string of the molecule is CC1CCCCC1NC(=O)CSc1nc2ncccn2n1. The molecule has 3 rings (SSSR count). The van der Waals surface area contributed by atoms with Crippen molar-refractivity contribution in [2.75, 3.05) is 5.75 Å². The molecule has 0 aliphatic heterocycles. The number of hydrogen-bond donors (Lipinski definition) is 1. The summed E-state index contributed by atoms with van der Waals surface area (Å²) < 4.78 is 1.61. The Hall–Kier alpha value is -1.63. The molecule has 6 nitrogen and oxygen atoms in total. The van der Waals surface area contributed by atoms with E-state index in [4.69, 9.17) is 0 Å². The van der Waals surface area contributed by atoms with Gasteiger partial charge in [0.2, 0.25) is 11.1 Å². The molecule has 112 valence electrons. The van der Waals surface area contributed by atoms with Crippen LogP contribution < -0.4 is 5.32 Å². The zero-order valence-electron chi connectivity index (χ0n) is 12.0. The first-order valence-corrected chi connectivity index (χ1v) is 8.30. The van der Waals surface area contributed by atoms with Crippen molar-refractivity contribution in [1.29, 1.82) is 0 Å². The van der Waals surface area contributed by atoms with Crippen molar-refractivity contribution in [3.8, 4) is 0 Å². The van der Waals surface area contributed by atoms with Crippen molar-refractivity contribution in [2.45, 2.75) is 43.8 Å². The Morgan fingerprint density at radius 3 is 3.14 bits per heavy atom. The van der Waals surface area contributed by atoms with Gasteiger partial charge >= 0.3 is 0 Å². The van der Waals surface area contributed by atoms with Crippen molar-refractivity contribution in [3.05, 3.63) is 18.5 Å². The summed E-state index contributed by atoms with van der Waals surface area (Å²) in [6.07, 6.45) is 8.26. The van der Waals surface area contributed by atoms with E-state index in [-0.39, 0.29) is 5.91 Å². The summed E-state index contributed by atoms with van der Waals surface area (Å²) in [5.74, 6) is 1.54. The van der Waals surface area contributed by atoms with E-state index in [9.17, 15) is 4.79 Å². The molecule has 1 amide bonds. The van der Waals surface area contributed by atoms with Gasteiger partial charge in [0.15, 0.2) is 0 Å². The summed E-state index contributed by atoms with van der Waals surface area (Å²) in [7, 11) is 0. The third-order valence-electron chi connectivity index (χ3n) is 3.89. The van der Waals surface area contributed by atoms with Crippen LogP contribution in [0.25, 0.3) is 5.78 Å². The second-order valence-corrected chi connectivity index (χ2v) is 6.43. The normalized spacial score (nSPS) is 22.3. The Kier molecular flexibility index (Phi) is 4.38. The number of thioether (sulfide) groups is 1. The van der Waals surface area contributed by atoms with Gasteiger partial charge in [-0.05, 0) is 24.8 Å². The molecule has 1 aliphatic carbocycles. The minimum absolute atomic E-state index is 0.0607. The smallest absolute Gasteiger partial charge is 0.253 e. The van der Waals surface area contributed by atoms with Crippen LogP contribution in [0.4, 0.5) is 0 Å². The quantitative estimate of drug-likeness (QED) is 0.874. The lowest BCUT2D eigenvalue weighted by Gasteiger charge is -2.29. The van der Waals surface area contributed by atoms with Crippen LogP contribution in [0.1, 0.15) is 32.6 Å². The van der Waals surface area contributed by atoms with E-state index in [0.29, 0.717) is 28.6 Å². The molecule has 2 unspecified atom stereocenters. The van der Waals surface area contributed by atoms with Crippen LogP contribution in [0.2, 0.25) is 0 Å². The molecule has 0 radical (unpaired) electrons. The maximum atomic E-state index is 12.0. The van der Waals surface area contributed by atoms with Crippen molar-refractivity contribution < 1.29 is 4.79 Å². The number of amides is 1. The highest BCUT2D eigenvalue weighted by molar-refractivity contribution is 7.99. The molecular weight excluding hydrogens is 286 g/mol. The first-order valence-electron chi connectivity index (χ1n) is 7.32. The number of hydrogen-bond acceptors (Lipinski definition) is 5. The zero-order chi connectivity index (χ0) is 14.7. The average molecular weight is 305 g/mol. The van der Waals surface area contributed by atoms with Crippen molar-refractivity contribution in [3.63, 3.8) is 0 Å². The van der Waals surface area contributed by atoms with Gasteiger partial charge in [-0.15, -0.1) is 5.10 Å². The van der Waals surface area contributed by atoms with Gasteiger partial charge in [-0.3, -0.25) is 4.79 Å². The van der Waals surface area contributed by atoms with Crippen molar-refractivity contribution in [1.82, 2.24) is 24.9 Å². The highest BCUT2D eigenvalue weighted by atomic mass is 32.2. The van der Waals surface area contributed by atoms with E-state index >= 15 is 0 Å². The minimum Gasteiger partial charge on any atom is -0.352 e. The van der Waals surface area contributed by atoms with Crippen LogP contribution in [-0.4, -0.2) is 37.3 Å². The highest BCUT2D eigenvalue weighted by Crippen LogP contribution is 2.24. The molecule has 21 heavy (non-hydrogen) atoms. The van der Waals surface area contributed by atoms with Crippen molar-refractivity contribution >= 4 is 23.4 Å². The van der Waals surface area contributed by atoms with Crippen LogP contribution in [0.5, 0.6) is 0 Å². The summed E-state index contributed by atoms with van der Waals surface area (Å²) in [6, 6.07) is 2.12. The van der Waals surface area contributed by atoms with Gasteiger partial charge in [0.05, 0.1) is 5.75 Å². The molecule has 1 N–H and O–H groups in total. The Morgan fingerprint density at radius 1 is 1.48 bits per heavy atom. The maximum absolute atomic E-state index is 12.0. The van der Waals surface area contributed by atoms with E-state index in [2.05, 4.69) is 27.3 Å². The van der Waals surface area contributed by atoms with E-state index < -0.39 is 0 Å². The molecule has 2 atom stereocenters. The largest absolute Gasteiger partial charge is 0.352 e. The number of fused-ring (bicyclic) bond motifs is 1.